The number of alkyl halides is 3. The van der Waals surface area contributed by atoms with Crippen LogP contribution in [-0.2, 0) is 17.0 Å². The molecule has 0 saturated heterocycles. The Labute approximate surface area is 631 Å². The van der Waals surface area contributed by atoms with Crippen molar-refractivity contribution in [2.75, 3.05) is 0 Å². The van der Waals surface area contributed by atoms with Crippen LogP contribution in [0.4, 0.5) is 13.2 Å². The van der Waals surface area contributed by atoms with Crippen LogP contribution in [0.1, 0.15) is 115 Å². The van der Waals surface area contributed by atoms with E-state index in [9.17, 15) is 0 Å². The van der Waals surface area contributed by atoms with Gasteiger partial charge in [-0.15, -0.1) is 0 Å². The molecule has 0 fully saturated rings. The lowest BCUT2D eigenvalue weighted by Gasteiger charge is -2.18. The molecule has 0 aliphatic rings. The SMILES string of the molecule is CC(C)(C)c1oc2c(-c3ccc4ccccc4c3)cc3c(cc(-c4ccc5ccccc5c4)c4oc(C(C)(C)C)c(-c5ccccc5)c43)c2c1-c1ccccc1.Cc1c(C(C)C)oc2c(-c3ccc4ccccc4c3)cc3c(cc(-c4ccc(-c5cccc6ccccc56)cc4)c4oc(C(C)C)c(C(F)(F)F)c43)c12. The van der Waals surface area contributed by atoms with Crippen LogP contribution in [0.5, 0.6) is 0 Å². The van der Waals surface area contributed by atoms with Crippen molar-refractivity contribution in [1.29, 1.82) is 0 Å². The average molecular weight is 1430 g/mol. The molecular formula is C102H81F3O4. The molecule has 4 nitrogen and oxygen atoms in total. The van der Waals surface area contributed by atoms with Crippen LogP contribution < -0.4 is 0 Å². The predicted octanol–water partition coefficient (Wildman–Crippen LogP) is 31.1. The van der Waals surface area contributed by atoms with E-state index < -0.39 is 17.7 Å². The molecule has 7 heteroatoms. The van der Waals surface area contributed by atoms with Gasteiger partial charge in [-0.25, -0.2) is 0 Å². The van der Waals surface area contributed by atoms with Gasteiger partial charge >= 0.3 is 6.18 Å². The fraction of sp³-hybridized carbons (Fsp3) is 0.157. The Balaban J connectivity index is 0.000000154. The first-order valence-corrected chi connectivity index (χ1v) is 37.8. The molecule has 0 spiro atoms. The molecule has 0 saturated carbocycles. The van der Waals surface area contributed by atoms with Crippen LogP contribution in [0.15, 0.2) is 297 Å². The number of furan rings is 4. The third kappa shape index (κ3) is 11.7. The molecule has 0 aliphatic heterocycles. The summed E-state index contributed by atoms with van der Waals surface area (Å²) in [4.78, 5) is 0. The number of fused-ring (bicyclic) bond motifs is 14. The standard InChI is InChI=1S/C54H44O2.C48H37F3O2/c1-53(2,3)51-45(35-19-9-7-10-20-35)47-43-32-42(40-28-26-34-18-14-16-24-38(34)30-40)50-48(46(36-21-11-8-12-22-36)52(56-50)54(4,5)6)44(43)31-41(49(47)55-51)39-27-25-33-17-13-15-23-37(33)29-39;1-26(2)44-28(5)41-39-24-37(32-20-18-31(19-21-32)36-16-10-14-30-12-8-9-15-35(30)36)47-42(43(48(49,50)51)45(53-47)27(3)4)40(39)25-38(46(41)52-44)34-22-17-29-11-6-7-13-33(29)23-34/h7-32H,1-6H3;6-27H,1-5H3. The molecule has 0 unspecified atom stereocenters. The van der Waals surface area contributed by atoms with Gasteiger partial charge in [0.25, 0.3) is 0 Å². The maximum Gasteiger partial charge on any atom is 0.420 e. The van der Waals surface area contributed by atoms with Gasteiger partial charge < -0.3 is 17.7 Å². The highest BCUT2D eigenvalue weighted by molar-refractivity contribution is 6.29. The Morgan fingerprint density at radius 3 is 1.02 bits per heavy atom. The highest BCUT2D eigenvalue weighted by atomic mass is 19.4. The van der Waals surface area contributed by atoms with Crippen LogP contribution in [0.3, 0.4) is 0 Å². The van der Waals surface area contributed by atoms with E-state index in [0.29, 0.717) is 21.9 Å². The van der Waals surface area contributed by atoms with E-state index in [1.54, 1.807) is 13.8 Å². The van der Waals surface area contributed by atoms with Gasteiger partial charge in [0.05, 0.1) is 0 Å². The topological polar surface area (TPSA) is 52.6 Å². The molecule has 15 aromatic carbocycles. The Morgan fingerprint density at radius 2 is 0.596 bits per heavy atom. The zero-order valence-corrected chi connectivity index (χ0v) is 63.0. The van der Waals surface area contributed by atoms with Gasteiger partial charge in [-0.1, -0.05) is 306 Å². The molecule has 0 N–H and O–H groups in total. The first kappa shape index (κ1) is 68.6. The largest absolute Gasteiger partial charge is 0.460 e. The first-order valence-electron chi connectivity index (χ1n) is 37.8. The number of halogens is 3. The normalized spacial score (nSPS) is 12.5. The van der Waals surface area contributed by atoms with Crippen LogP contribution in [0.2, 0.25) is 0 Å². The number of aryl methyl sites for hydroxylation is 1. The van der Waals surface area contributed by atoms with E-state index in [1.165, 1.54) is 21.5 Å². The van der Waals surface area contributed by atoms with Crippen LogP contribution >= 0.6 is 0 Å². The number of hydrogen-bond acceptors (Lipinski definition) is 4. The second kappa shape index (κ2) is 26.1. The third-order valence-electron chi connectivity index (χ3n) is 22.0. The van der Waals surface area contributed by atoms with Crippen molar-refractivity contribution in [3.63, 3.8) is 0 Å². The van der Waals surface area contributed by atoms with Gasteiger partial charge in [-0.3, -0.25) is 0 Å². The maximum absolute atomic E-state index is 15.4. The maximum atomic E-state index is 15.4. The summed E-state index contributed by atoms with van der Waals surface area (Å²) in [6, 6.07) is 97.9. The monoisotopic (exact) mass is 1430 g/mol. The van der Waals surface area contributed by atoms with Crippen molar-refractivity contribution >= 4 is 109 Å². The fourth-order valence-electron chi connectivity index (χ4n) is 17.0. The van der Waals surface area contributed by atoms with E-state index in [2.05, 4.69) is 256 Å². The Hall–Kier alpha value is -12.2. The summed E-state index contributed by atoms with van der Waals surface area (Å²) >= 11 is 0. The van der Waals surface area contributed by atoms with Crippen molar-refractivity contribution in [3.8, 4) is 77.9 Å². The smallest absolute Gasteiger partial charge is 0.420 e. The van der Waals surface area contributed by atoms with Gasteiger partial charge in [0.15, 0.2) is 0 Å². The zero-order valence-electron chi connectivity index (χ0n) is 63.0. The Morgan fingerprint density at radius 1 is 0.266 bits per heavy atom. The van der Waals surface area contributed by atoms with Gasteiger partial charge in [-0.05, 0) is 164 Å². The fourth-order valence-corrected chi connectivity index (χ4v) is 17.0. The molecule has 534 valence electrons. The average Bonchev–Trinajstić information content (AvgIpc) is 1.57. The highest BCUT2D eigenvalue weighted by Gasteiger charge is 2.42. The van der Waals surface area contributed by atoms with Gasteiger partial charge in [0, 0.05) is 77.6 Å². The minimum absolute atomic E-state index is 0.0623. The van der Waals surface area contributed by atoms with Crippen LogP contribution in [0, 0.1) is 6.92 Å². The van der Waals surface area contributed by atoms with Crippen molar-refractivity contribution in [2.24, 2.45) is 0 Å². The van der Waals surface area contributed by atoms with E-state index in [1.807, 2.05) is 85.8 Å². The summed E-state index contributed by atoms with van der Waals surface area (Å²) < 4.78 is 74.0. The highest BCUT2D eigenvalue weighted by Crippen LogP contribution is 2.56. The van der Waals surface area contributed by atoms with Crippen molar-refractivity contribution in [3.05, 3.63) is 313 Å². The molecule has 0 bridgehead atoms. The lowest BCUT2D eigenvalue weighted by molar-refractivity contribution is -0.137. The zero-order chi connectivity index (χ0) is 75.1. The molecule has 0 atom stereocenters. The molecule has 19 aromatic rings. The molecule has 4 heterocycles. The Kier molecular flexibility index (Phi) is 16.4. The van der Waals surface area contributed by atoms with Gasteiger partial charge in [0.1, 0.15) is 50.9 Å². The summed E-state index contributed by atoms with van der Waals surface area (Å²) in [5.41, 5.74) is 16.5. The number of hydrogen-bond donors (Lipinski definition) is 0. The summed E-state index contributed by atoms with van der Waals surface area (Å²) in [6.45, 7) is 23.2. The number of rotatable bonds is 9. The Bertz CT molecular complexity index is 6620. The molecule has 0 aliphatic carbocycles. The molecular weight excluding hydrogens is 1350 g/mol. The minimum atomic E-state index is -4.65. The molecule has 109 heavy (non-hydrogen) atoms. The number of benzene rings is 15. The van der Waals surface area contributed by atoms with Crippen molar-refractivity contribution in [1.82, 2.24) is 0 Å². The molecule has 0 radical (unpaired) electrons. The summed E-state index contributed by atoms with van der Waals surface area (Å²) in [7, 11) is 0. The summed E-state index contributed by atoms with van der Waals surface area (Å²) in [6.07, 6.45) is -4.65. The quantitative estimate of drug-likeness (QED) is 0.145. The van der Waals surface area contributed by atoms with Crippen LogP contribution in [-0.4, -0.2) is 0 Å². The third-order valence-corrected chi connectivity index (χ3v) is 22.0. The van der Waals surface area contributed by atoms with Crippen molar-refractivity contribution in [2.45, 2.75) is 105 Å². The van der Waals surface area contributed by atoms with E-state index >= 15 is 13.2 Å². The minimum Gasteiger partial charge on any atom is -0.460 e. The molecule has 0 amide bonds. The predicted molar refractivity (Wildman–Crippen MR) is 450 cm³/mol. The van der Waals surface area contributed by atoms with Crippen LogP contribution in [0.25, 0.3) is 186 Å². The first-order chi connectivity index (χ1) is 52.5. The molecule has 19 rings (SSSR count). The van der Waals surface area contributed by atoms with E-state index in [4.69, 9.17) is 17.7 Å². The molecule has 4 aromatic heterocycles. The summed E-state index contributed by atoms with van der Waals surface area (Å²) in [5, 5.41) is 15.9. The van der Waals surface area contributed by atoms with E-state index in [0.717, 1.165) is 155 Å². The second-order valence-electron chi connectivity index (χ2n) is 32.1. The summed E-state index contributed by atoms with van der Waals surface area (Å²) in [5.74, 6) is 2.29. The lowest BCUT2D eigenvalue weighted by atomic mass is 9.83. The van der Waals surface area contributed by atoms with E-state index in [-0.39, 0.29) is 33.5 Å². The van der Waals surface area contributed by atoms with Crippen molar-refractivity contribution < 1.29 is 30.8 Å². The van der Waals surface area contributed by atoms with Gasteiger partial charge in [0.2, 0.25) is 0 Å². The lowest BCUT2D eigenvalue weighted by Crippen LogP contribution is -2.11. The second-order valence-corrected chi connectivity index (χ2v) is 32.1. The van der Waals surface area contributed by atoms with Gasteiger partial charge in [-0.2, -0.15) is 13.2 Å².